The van der Waals surface area contributed by atoms with Crippen LogP contribution in [-0.4, -0.2) is 94.1 Å². The minimum atomic E-state index is -0.390. The lowest BCUT2D eigenvalue weighted by Crippen LogP contribution is -2.36. The van der Waals surface area contributed by atoms with Crippen molar-refractivity contribution in [3.05, 3.63) is 46.5 Å². The summed E-state index contributed by atoms with van der Waals surface area (Å²) >= 11 is 0. The molecule has 3 rings (SSSR count). The monoisotopic (exact) mass is 469 g/mol. The zero-order valence-electron chi connectivity index (χ0n) is 21.3. The van der Waals surface area contributed by atoms with Crippen LogP contribution in [0.15, 0.2) is 24.3 Å². The van der Waals surface area contributed by atoms with Crippen LogP contribution in [0, 0.1) is 0 Å². The summed E-state index contributed by atoms with van der Waals surface area (Å²) in [5.41, 5.74) is 8.23. The topological polar surface area (TPSA) is 104 Å². The summed E-state index contributed by atoms with van der Waals surface area (Å²) in [6, 6.07) is 6.52. The first-order valence-electron chi connectivity index (χ1n) is 11.8. The molecule has 0 unspecified atom stereocenters. The van der Waals surface area contributed by atoms with Crippen LogP contribution >= 0.6 is 0 Å². The van der Waals surface area contributed by atoms with Crippen molar-refractivity contribution >= 4 is 28.6 Å². The van der Waals surface area contributed by atoms with Gasteiger partial charge >= 0.3 is 0 Å². The Hall–Kier alpha value is -3.10. The van der Waals surface area contributed by atoms with Gasteiger partial charge in [0.05, 0.1) is 77.6 Å². The van der Waals surface area contributed by atoms with Gasteiger partial charge in [0.2, 0.25) is 0 Å². The van der Waals surface area contributed by atoms with Crippen molar-refractivity contribution in [1.82, 2.24) is 0 Å². The number of phenols is 1. The maximum Gasteiger partial charge on any atom is 0.200 e. The van der Waals surface area contributed by atoms with Crippen LogP contribution in [0.2, 0.25) is 0 Å². The number of ketones is 2. The molecule has 5 N–H and O–H groups in total. The molecular formula is C26H39N5O3+2. The smallest absolute Gasteiger partial charge is 0.200 e. The number of quaternary nitrogens is 2. The Morgan fingerprint density at radius 1 is 0.706 bits per heavy atom. The Kier molecular flexibility index (Phi) is 7.24. The molecule has 0 saturated carbocycles. The number of fused-ring (bicyclic) bond motifs is 2. The van der Waals surface area contributed by atoms with Gasteiger partial charge < -0.3 is 30.4 Å². The summed E-state index contributed by atoms with van der Waals surface area (Å²) in [5.74, 6) is -0.935. The van der Waals surface area contributed by atoms with E-state index in [1.165, 1.54) is 6.07 Å². The molecule has 0 atom stereocenters. The van der Waals surface area contributed by atoms with Crippen LogP contribution in [0.1, 0.15) is 44.7 Å². The maximum atomic E-state index is 13.6. The largest absolute Gasteiger partial charge is 0.507 e. The first-order chi connectivity index (χ1) is 15.8. The highest BCUT2D eigenvalue weighted by atomic mass is 16.3. The number of nitrogen functional groups attached to an aromatic ring is 1. The number of nitrogens with one attached hydrogen (secondary N) is 2. The highest BCUT2D eigenvalue weighted by Gasteiger charge is 2.37. The number of benzene rings is 2. The van der Waals surface area contributed by atoms with E-state index in [0.717, 1.165) is 34.9 Å². The second kappa shape index (κ2) is 9.64. The predicted octanol–water partition coefficient (Wildman–Crippen LogP) is 2.77. The number of carbonyl (C=O) groups excluding carboxylic acids is 2. The Morgan fingerprint density at radius 2 is 1.15 bits per heavy atom. The van der Waals surface area contributed by atoms with Gasteiger partial charge in [-0.3, -0.25) is 9.59 Å². The number of rotatable bonds is 10. The lowest BCUT2D eigenvalue weighted by molar-refractivity contribution is -0.870. The van der Waals surface area contributed by atoms with E-state index in [0.29, 0.717) is 24.5 Å². The fraction of sp³-hybridized carbons (Fsp3) is 0.462. The van der Waals surface area contributed by atoms with Gasteiger partial charge in [0.25, 0.3) is 0 Å². The molecule has 1 aliphatic rings. The molecule has 184 valence electrons. The number of nitrogens with two attached hydrogens (primary N) is 1. The lowest BCUT2D eigenvalue weighted by atomic mass is 9.81. The van der Waals surface area contributed by atoms with E-state index < -0.39 is 5.78 Å². The molecule has 0 bridgehead atoms. The minimum absolute atomic E-state index is 0.0362. The molecule has 0 amide bonds. The molecule has 34 heavy (non-hydrogen) atoms. The summed E-state index contributed by atoms with van der Waals surface area (Å²) in [4.78, 5) is 27.2. The van der Waals surface area contributed by atoms with Crippen LogP contribution in [-0.2, 0) is 0 Å². The van der Waals surface area contributed by atoms with Gasteiger partial charge in [0, 0.05) is 43.0 Å². The molecular weight excluding hydrogens is 430 g/mol. The Morgan fingerprint density at radius 3 is 1.65 bits per heavy atom. The number of hydrogen-bond acceptors (Lipinski definition) is 6. The second-order valence-electron chi connectivity index (χ2n) is 11.1. The van der Waals surface area contributed by atoms with Crippen molar-refractivity contribution in [3.8, 4) is 5.75 Å². The molecule has 8 heteroatoms. The summed E-state index contributed by atoms with van der Waals surface area (Å²) in [5, 5.41) is 17.2. The van der Waals surface area contributed by atoms with E-state index in [-0.39, 0.29) is 39.5 Å². The van der Waals surface area contributed by atoms with Crippen LogP contribution < -0.4 is 16.4 Å². The summed E-state index contributed by atoms with van der Waals surface area (Å²) in [7, 11) is 12.7. The van der Waals surface area contributed by atoms with E-state index >= 15 is 0 Å². The first-order valence-corrected chi connectivity index (χ1v) is 11.8. The third-order valence-electron chi connectivity index (χ3n) is 5.97. The minimum Gasteiger partial charge on any atom is -0.507 e. The van der Waals surface area contributed by atoms with Gasteiger partial charge in [-0.05, 0) is 24.3 Å². The van der Waals surface area contributed by atoms with Crippen LogP contribution in [0.5, 0.6) is 5.75 Å². The fourth-order valence-corrected chi connectivity index (χ4v) is 4.25. The van der Waals surface area contributed by atoms with Gasteiger partial charge in [-0.2, -0.15) is 0 Å². The fourth-order valence-electron chi connectivity index (χ4n) is 4.25. The molecule has 0 fully saturated rings. The van der Waals surface area contributed by atoms with Gasteiger partial charge in [-0.25, -0.2) is 0 Å². The van der Waals surface area contributed by atoms with Crippen LogP contribution in [0.4, 0.5) is 17.1 Å². The van der Waals surface area contributed by atoms with Gasteiger partial charge in [-0.15, -0.1) is 0 Å². The lowest BCUT2D eigenvalue weighted by Gasteiger charge is -2.26. The van der Waals surface area contributed by atoms with E-state index in [2.05, 4.69) is 52.9 Å². The van der Waals surface area contributed by atoms with Gasteiger partial charge in [-0.1, -0.05) is 0 Å². The highest BCUT2D eigenvalue weighted by Crippen LogP contribution is 2.41. The Labute approximate surface area is 202 Å². The number of carbonyl (C=O) groups is 2. The average Bonchev–Trinajstić information content (AvgIpc) is 2.72. The average molecular weight is 470 g/mol. The standard InChI is InChI=1S/C26H37N5O3/c1-30(2,3)15-7-13-28-18-10-9-17(27)21-22(18)26(34)24-20(32)12-11-19(23(24)25(21)33)29-14-8-16-31(4,5)6/h9-12H,7-8,13-16H2,1-6H3,(H3-2,27,28,29,32,33,34)/p+2. The van der Waals surface area contributed by atoms with E-state index in [1.54, 1.807) is 18.2 Å². The normalized spacial score (nSPS) is 13.5. The van der Waals surface area contributed by atoms with Crippen molar-refractivity contribution < 1.29 is 23.7 Å². The van der Waals surface area contributed by atoms with Crippen molar-refractivity contribution in [2.75, 3.05) is 84.8 Å². The number of anilines is 3. The van der Waals surface area contributed by atoms with Gasteiger partial charge in [0.1, 0.15) is 5.75 Å². The third kappa shape index (κ3) is 5.69. The van der Waals surface area contributed by atoms with Crippen LogP contribution in [0.3, 0.4) is 0 Å². The summed E-state index contributed by atoms with van der Waals surface area (Å²) in [6.07, 6.45) is 1.79. The number of phenolic OH excluding ortho intramolecular Hbond substituents is 1. The maximum absolute atomic E-state index is 13.6. The number of nitrogens with zero attached hydrogens (tertiary/aromatic N) is 2. The van der Waals surface area contributed by atoms with Gasteiger partial charge in [0.15, 0.2) is 11.6 Å². The zero-order chi connectivity index (χ0) is 25.3. The molecule has 1 aliphatic carbocycles. The number of hydrogen-bond donors (Lipinski definition) is 4. The SMILES string of the molecule is C[N+](C)(C)CCCNc1ccc(N)c2c1C(=O)c1c(O)ccc(NCCC[N+](C)(C)C)c1C2=O. The molecule has 2 aromatic rings. The molecule has 0 saturated heterocycles. The quantitative estimate of drug-likeness (QED) is 0.158. The van der Waals surface area contributed by atoms with E-state index in [9.17, 15) is 14.7 Å². The second-order valence-corrected chi connectivity index (χ2v) is 11.1. The van der Waals surface area contributed by atoms with E-state index in [1.807, 2.05) is 0 Å². The number of aromatic hydroxyl groups is 1. The van der Waals surface area contributed by atoms with E-state index in [4.69, 9.17) is 5.73 Å². The summed E-state index contributed by atoms with van der Waals surface area (Å²) < 4.78 is 1.67. The predicted molar refractivity (Wildman–Crippen MR) is 138 cm³/mol. The molecule has 2 aromatic carbocycles. The van der Waals surface area contributed by atoms with Crippen molar-refractivity contribution in [1.29, 1.82) is 0 Å². The first kappa shape index (κ1) is 25.5. The van der Waals surface area contributed by atoms with Crippen molar-refractivity contribution in [3.63, 3.8) is 0 Å². The van der Waals surface area contributed by atoms with Crippen molar-refractivity contribution in [2.24, 2.45) is 0 Å². The molecule has 0 spiro atoms. The van der Waals surface area contributed by atoms with Crippen LogP contribution in [0.25, 0.3) is 0 Å². The third-order valence-corrected chi connectivity index (χ3v) is 5.97. The molecule has 0 aromatic heterocycles. The molecule has 0 heterocycles. The molecule has 0 aliphatic heterocycles. The highest BCUT2D eigenvalue weighted by molar-refractivity contribution is 6.34. The Balaban J connectivity index is 1.92. The molecule has 8 nitrogen and oxygen atoms in total. The van der Waals surface area contributed by atoms with Crippen molar-refractivity contribution in [2.45, 2.75) is 12.8 Å². The Bertz CT molecular complexity index is 1010. The zero-order valence-corrected chi connectivity index (χ0v) is 21.3. The summed E-state index contributed by atoms with van der Waals surface area (Å²) in [6.45, 7) is 3.22. The molecule has 0 radical (unpaired) electrons.